The van der Waals surface area contributed by atoms with E-state index in [9.17, 15) is 9.59 Å². The van der Waals surface area contributed by atoms with E-state index in [4.69, 9.17) is 5.11 Å². The minimum Gasteiger partial charge on any atom is -0.480 e. The van der Waals surface area contributed by atoms with Gasteiger partial charge in [0.15, 0.2) is 0 Å². The van der Waals surface area contributed by atoms with Crippen LogP contribution in [0.2, 0.25) is 0 Å². The molecule has 0 spiro atoms. The molecule has 0 bridgehead atoms. The molecule has 0 radical (unpaired) electrons. The molecule has 4 nitrogen and oxygen atoms in total. The smallest absolute Gasteiger partial charge is 0.326 e. The summed E-state index contributed by atoms with van der Waals surface area (Å²) in [6, 6.07) is -0.741. The topological polar surface area (TPSA) is 66.4 Å². The van der Waals surface area contributed by atoms with E-state index in [1.165, 1.54) is 0 Å². The number of unbranched alkanes of at least 4 members (excludes halogenated alkanes) is 1. The molecular weight excluding hydrogens is 194 g/mol. The Labute approximate surface area is 91.1 Å². The SMILES string of the molecule is CCCCC(=O)NC(CC(C)C)C(=O)O. The Morgan fingerprint density at radius 1 is 1.33 bits per heavy atom. The highest BCUT2D eigenvalue weighted by atomic mass is 16.4. The van der Waals surface area contributed by atoms with Gasteiger partial charge in [-0.05, 0) is 18.8 Å². The van der Waals surface area contributed by atoms with Crippen LogP contribution in [0.3, 0.4) is 0 Å². The van der Waals surface area contributed by atoms with E-state index in [0.29, 0.717) is 12.8 Å². The minimum absolute atomic E-state index is 0.162. The molecule has 4 heteroatoms. The Bertz CT molecular complexity index is 214. The summed E-state index contributed by atoms with van der Waals surface area (Å²) in [6.07, 6.45) is 2.64. The van der Waals surface area contributed by atoms with E-state index in [0.717, 1.165) is 12.8 Å². The Kier molecular flexibility index (Phi) is 6.75. The highest BCUT2D eigenvalue weighted by Gasteiger charge is 2.20. The fraction of sp³-hybridized carbons (Fsp3) is 0.818. The zero-order valence-electron chi connectivity index (χ0n) is 9.75. The molecule has 0 aromatic carbocycles. The number of carbonyl (C=O) groups is 2. The van der Waals surface area contributed by atoms with Gasteiger partial charge in [0.2, 0.25) is 5.91 Å². The number of carboxylic acid groups (broad SMARTS) is 1. The number of rotatable bonds is 7. The van der Waals surface area contributed by atoms with E-state index in [1.54, 1.807) is 0 Å². The van der Waals surface area contributed by atoms with E-state index < -0.39 is 12.0 Å². The van der Waals surface area contributed by atoms with Crippen molar-refractivity contribution in [3.63, 3.8) is 0 Å². The van der Waals surface area contributed by atoms with Gasteiger partial charge in [-0.25, -0.2) is 4.79 Å². The lowest BCUT2D eigenvalue weighted by Gasteiger charge is -2.16. The van der Waals surface area contributed by atoms with Crippen molar-refractivity contribution in [1.82, 2.24) is 5.32 Å². The summed E-state index contributed by atoms with van der Waals surface area (Å²) >= 11 is 0. The first-order valence-corrected chi connectivity index (χ1v) is 5.49. The van der Waals surface area contributed by atoms with Gasteiger partial charge in [0.25, 0.3) is 0 Å². The molecule has 2 N–H and O–H groups in total. The van der Waals surface area contributed by atoms with Gasteiger partial charge in [0.05, 0.1) is 0 Å². The van der Waals surface area contributed by atoms with Gasteiger partial charge < -0.3 is 10.4 Å². The Balaban J connectivity index is 4.05. The predicted molar refractivity (Wildman–Crippen MR) is 58.5 cm³/mol. The van der Waals surface area contributed by atoms with Crippen LogP contribution in [0, 0.1) is 5.92 Å². The van der Waals surface area contributed by atoms with Gasteiger partial charge in [0.1, 0.15) is 6.04 Å². The maximum atomic E-state index is 11.3. The molecule has 15 heavy (non-hydrogen) atoms. The minimum atomic E-state index is -0.950. The Morgan fingerprint density at radius 2 is 1.93 bits per heavy atom. The first-order chi connectivity index (χ1) is 6.97. The van der Waals surface area contributed by atoms with Gasteiger partial charge in [-0.15, -0.1) is 0 Å². The van der Waals surface area contributed by atoms with E-state index in [2.05, 4.69) is 5.32 Å². The third-order valence-corrected chi connectivity index (χ3v) is 2.10. The molecule has 1 unspecified atom stereocenters. The van der Waals surface area contributed by atoms with Crippen molar-refractivity contribution in [3.05, 3.63) is 0 Å². The number of aliphatic carboxylic acids is 1. The first kappa shape index (κ1) is 13.9. The van der Waals surface area contributed by atoms with E-state index in [1.807, 2.05) is 20.8 Å². The molecule has 0 saturated heterocycles. The molecule has 0 aliphatic heterocycles. The van der Waals surface area contributed by atoms with Crippen LogP contribution in [-0.2, 0) is 9.59 Å². The van der Waals surface area contributed by atoms with E-state index >= 15 is 0 Å². The lowest BCUT2D eigenvalue weighted by Crippen LogP contribution is -2.41. The zero-order chi connectivity index (χ0) is 11.8. The lowest BCUT2D eigenvalue weighted by molar-refractivity contribution is -0.142. The lowest BCUT2D eigenvalue weighted by atomic mass is 10.0. The van der Waals surface area contributed by atoms with Crippen molar-refractivity contribution >= 4 is 11.9 Å². The number of hydrogen-bond acceptors (Lipinski definition) is 2. The summed E-state index contributed by atoms with van der Waals surface area (Å²) < 4.78 is 0. The molecule has 0 rings (SSSR count). The van der Waals surface area contributed by atoms with Gasteiger partial charge in [0, 0.05) is 6.42 Å². The quantitative estimate of drug-likeness (QED) is 0.680. The number of carboxylic acids is 1. The van der Waals surface area contributed by atoms with Crippen molar-refractivity contribution in [2.75, 3.05) is 0 Å². The summed E-state index contributed by atoms with van der Waals surface area (Å²) in [5.74, 6) is -0.851. The second kappa shape index (κ2) is 7.26. The third kappa shape index (κ3) is 6.94. The second-order valence-electron chi connectivity index (χ2n) is 4.19. The molecule has 1 atom stereocenters. The Hall–Kier alpha value is -1.06. The van der Waals surface area contributed by atoms with Gasteiger partial charge >= 0.3 is 5.97 Å². The first-order valence-electron chi connectivity index (χ1n) is 5.49. The molecule has 0 heterocycles. The number of hydrogen-bond donors (Lipinski definition) is 2. The predicted octanol–water partition coefficient (Wildman–Crippen LogP) is 1.79. The average molecular weight is 215 g/mol. The van der Waals surface area contributed by atoms with Crippen LogP contribution in [0.25, 0.3) is 0 Å². The van der Waals surface area contributed by atoms with Crippen molar-refractivity contribution in [2.24, 2.45) is 5.92 Å². The standard InChI is InChI=1S/C11H21NO3/c1-4-5-6-10(13)12-9(11(14)15)7-8(2)3/h8-9H,4-7H2,1-3H3,(H,12,13)(H,14,15). The molecule has 0 aliphatic rings. The van der Waals surface area contributed by atoms with Crippen LogP contribution in [0.15, 0.2) is 0 Å². The van der Waals surface area contributed by atoms with Gasteiger partial charge in [-0.1, -0.05) is 27.2 Å². The van der Waals surface area contributed by atoms with E-state index in [-0.39, 0.29) is 11.8 Å². The monoisotopic (exact) mass is 215 g/mol. The second-order valence-corrected chi connectivity index (χ2v) is 4.19. The molecule has 1 amide bonds. The molecule has 0 fully saturated rings. The maximum absolute atomic E-state index is 11.3. The van der Waals surface area contributed by atoms with Crippen LogP contribution in [-0.4, -0.2) is 23.0 Å². The summed E-state index contributed by atoms with van der Waals surface area (Å²) in [6.45, 7) is 5.87. The van der Waals surface area contributed by atoms with Crippen molar-refractivity contribution in [2.45, 2.75) is 52.5 Å². The summed E-state index contributed by atoms with van der Waals surface area (Å²) in [7, 11) is 0. The van der Waals surface area contributed by atoms with Gasteiger partial charge in [-0.2, -0.15) is 0 Å². The highest BCUT2D eigenvalue weighted by Crippen LogP contribution is 2.05. The van der Waals surface area contributed by atoms with Crippen LogP contribution in [0.5, 0.6) is 0 Å². The molecule has 0 aliphatic carbocycles. The summed E-state index contributed by atoms with van der Waals surface area (Å²) in [5, 5.41) is 11.4. The van der Waals surface area contributed by atoms with Crippen LogP contribution < -0.4 is 5.32 Å². The molecule has 0 aromatic heterocycles. The third-order valence-electron chi connectivity index (χ3n) is 2.10. The maximum Gasteiger partial charge on any atom is 0.326 e. The normalized spacial score (nSPS) is 12.5. The highest BCUT2D eigenvalue weighted by molar-refractivity contribution is 5.83. The van der Waals surface area contributed by atoms with Crippen molar-refractivity contribution in [1.29, 1.82) is 0 Å². The number of nitrogens with one attached hydrogen (secondary N) is 1. The fourth-order valence-corrected chi connectivity index (χ4v) is 1.30. The molecule has 88 valence electrons. The average Bonchev–Trinajstić information content (AvgIpc) is 2.12. The van der Waals surface area contributed by atoms with Crippen LogP contribution in [0.1, 0.15) is 46.5 Å². The summed E-state index contributed by atoms with van der Waals surface area (Å²) in [4.78, 5) is 22.2. The molecule has 0 saturated carbocycles. The van der Waals surface area contributed by atoms with Crippen molar-refractivity contribution in [3.8, 4) is 0 Å². The zero-order valence-corrected chi connectivity index (χ0v) is 9.75. The van der Waals surface area contributed by atoms with Gasteiger partial charge in [-0.3, -0.25) is 4.79 Å². The van der Waals surface area contributed by atoms with Crippen molar-refractivity contribution < 1.29 is 14.7 Å². The van der Waals surface area contributed by atoms with Crippen LogP contribution >= 0.6 is 0 Å². The molecular formula is C11H21NO3. The fourth-order valence-electron chi connectivity index (χ4n) is 1.30. The summed E-state index contributed by atoms with van der Waals surface area (Å²) in [5.41, 5.74) is 0. The Morgan fingerprint density at radius 3 is 2.33 bits per heavy atom. The largest absolute Gasteiger partial charge is 0.480 e. The number of amides is 1. The molecule has 0 aromatic rings. The van der Waals surface area contributed by atoms with Crippen LogP contribution in [0.4, 0.5) is 0 Å². The number of carbonyl (C=O) groups excluding carboxylic acids is 1.